The fourth-order valence-corrected chi connectivity index (χ4v) is 3.41. The van der Waals surface area contributed by atoms with Crippen molar-refractivity contribution in [2.24, 2.45) is 0 Å². The van der Waals surface area contributed by atoms with Gasteiger partial charge in [-0.25, -0.2) is 4.79 Å². The van der Waals surface area contributed by atoms with Gasteiger partial charge in [0.2, 0.25) is 5.91 Å². The zero-order valence-corrected chi connectivity index (χ0v) is 17.4. The van der Waals surface area contributed by atoms with Gasteiger partial charge in [-0.3, -0.25) is 4.79 Å². The Hall–Kier alpha value is -3.42. The van der Waals surface area contributed by atoms with Crippen LogP contribution in [-0.4, -0.2) is 52.4 Å². The molecule has 1 atom stereocenters. The summed E-state index contributed by atoms with van der Waals surface area (Å²) in [4.78, 5) is 26.2. The summed E-state index contributed by atoms with van der Waals surface area (Å²) in [5.74, 6) is 2.03. The predicted molar refractivity (Wildman–Crippen MR) is 114 cm³/mol. The number of nitrogens with zero attached hydrogens (tertiary/aromatic N) is 1. The number of anilines is 1. The molecule has 1 aliphatic rings. The number of carbonyl (C=O) groups is 2. The van der Waals surface area contributed by atoms with Gasteiger partial charge in [0, 0.05) is 25.2 Å². The van der Waals surface area contributed by atoms with E-state index in [2.05, 4.69) is 10.6 Å². The van der Waals surface area contributed by atoms with Crippen molar-refractivity contribution in [3.05, 3.63) is 48.0 Å². The number of urea groups is 1. The SMILES string of the molecule is COc1ccc(N2C[C@@H](NC(=O)NCCc3ccc(OC)c(OC)c3)CC2=O)cc1. The quantitative estimate of drug-likeness (QED) is 0.694. The van der Waals surface area contributed by atoms with E-state index in [4.69, 9.17) is 14.2 Å². The first-order valence-corrected chi connectivity index (χ1v) is 9.73. The Morgan fingerprint density at radius 3 is 2.43 bits per heavy atom. The van der Waals surface area contributed by atoms with E-state index >= 15 is 0 Å². The van der Waals surface area contributed by atoms with Crippen LogP contribution < -0.4 is 29.7 Å². The summed E-state index contributed by atoms with van der Waals surface area (Å²) in [5, 5.41) is 5.72. The smallest absolute Gasteiger partial charge is 0.315 e. The van der Waals surface area contributed by atoms with Gasteiger partial charge in [0.05, 0.1) is 27.4 Å². The van der Waals surface area contributed by atoms with Gasteiger partial charge >= 0.3 is 6.03 Å². The average Bonchev–Trinajstić information content (AvgIpc) is 3.13. The van der Waals surface area contributed by atoms with E-state index in [1.54, 1.807) is 26.2 Å². The van der Waals surface area contributed by atoms with Gasteiger partial charge in [0.15, 0.2) is 11.5 Å². The van der Waals surface area contributed by atoms with Crippen LogP contribution in [0, 0.1) is 0 Å². The molecule has 2 aromatic carbocycles. The van der Waals surface area contributed by atoms with Crippen LogP contribution >= 0.6 is 0 Å². The molecule has 0 radical (unpaired) electrons. The fourth-order valence-electron chi connectivity index (χ4n) is 3.41. The maximum absolute atomic E-state index is 12.3. The first kappa shape index (κ1) is 21.3. The molecule has 0 spiro atoms. The second-order valence-electron chi connectivity index (χ2n) is 6.94. The van der Waals surface area contributed by atoms with E-state index in [9.17, 15) is 9.59 Å². The third-order valence-corrected chi connectivity index (χ3v) is 4.99. The standard InChI is InChI=1S/C22H27N3O5/c1-28-18-7-5-17(6-8-18)25-14-16(13-21(25)26)24-22(27)23-11-10-15-4-9-19(29-2)20(12-15)30-3/h4-9,12,16H,10-11,13-14H2,1-3H3,(H2,23,24,27)/t16-/m0/s1. The zero-order chi connectivity index (χ0) is 21.5. The highest BCUT2D eigenvalue weighted by atomic mass is 16.5. The molecule has 3 amide bonds. The van der Waals surface area contributed by atoms with Crippen LogP contribution in [0.4, 0.5) is 10.5 Å². The fraction of sp³-hybridized carbons (Fsp3) is 0.364. The van der Waals surface area contributed by atoms with Gasteiger partial charge < -0.3 is 29.7 Å². The van der Waals surface area contributed by atoms with Crippen molar-refractivity contribution in [3.63, 3.8) is 0 Å². The van der Waals surface area contributed by atoms with Gasteiger partial charge in [0.25, 0.3) is 0 Å². The van der Waals surface area contributed by atoms with Crippen molar-refractivity contribution in [1.82, 2.24) is 10.6 Å². The molecular weight excluding hydrogens is 386 g/mol. The average molecular weight is 413 g/mol. The lowest BCUT2D eigenvalue weighted by Crippen LogP contribution is -2.43. The number of hydrogen-bond acceptors (Lipinski definition) is 5. The van der Waals surface area contributed by atoms with Crippen molar-refractivity contribution >= 4 is 17.6 Å². The van der Waals surface area contributed by atoms with Crippen LogP contribution in [0.2, 0.25) is 0 Å². The first-order chi connectivity index (χ1) is 14.5. The van der Waals surface area contributed by atoms with E-state index in [1.165, 1.54) is 0 Å². The highest BCUT2D eigenvalue weighted by molar-refractivity contribution is 5.96. The molecular formula is C22H27N3O5. The Bertz CT molecular complexity index is 885. The molecule has 1 saturated heterocycles. The van der Waals surface area contributed by atoms with E-state index in [-0.39, 0.29) is 24.4 Å². The van der Waals surface area contributed by atoms with E-state index in [0.29, 0.717) is 31.0 Å². The number of hydrogen-bond donors (Lipinski definition) is 2. The second kappa shape index (κ2) is 9.87. The molecule has 0 unspecified atom stereocenters. The Morgan fingerprint density at radius 1 is 1.03 bits per heavy atom. The minimum atomic E-state index is -0.287. The maximum Gasteiger partial charge on any atom is 0.315 e. The third kappa shape index (κ3) is 5.14. The zero-order valence-electron chi connectivity index (χ0n) is 17.4. The van der Waals surface area contributed by atoms with E-state index < -0.39 is 0 Å². The summed E-state index contributed by atoms with van der Waals surface area (Å²) in [6.07, 6.45) is 0.921. The number of benzene rings is 2. The van der Waals surface area contributed by atoms with Crippen LogP contribution in [-0.2, 0) is 11.2 Å². The molecule has 2 aromatic rings. The Kier molecular flexibility index (Phi) is 7.00. The highest BCUT2D eigenvalue weighted by Crippen LogP contribution is 2.27. The largest absolute Gasteiger partial charge is 0.497 e. The first-order valence-electron chi connectivity index (χ1n) is 9.73. The molecule has 3 rings (SSSR count). The highest BCUT2D eigenvalue weighted by Gasteiger charge is 2.31. The molecule has 1 fully saturated rings. The molecule has 1 aliphatic heterocycles. The normalized spacial score (nSPS) is 15.6. The number of amides is 3. The van der Waals surface area contributed by atoms with Crippen LogP contribution in [0.5, 0.6) is 17.2 Å². The summed E-state index contributed by atoms with van der Waals surface area (Å²) in [6.45, 7) is 0.901. The molecule has 8 heteroatoms. The predicted octanol–water partition coefficient (Wildman–Crippen LogP) is 2.36. The number of nitrogens with one attached hydrogen (secondary N) is 2. The number of rotatable bonds is 8. The summed E-state index contributed by atoms with van der Waals surface area (Å²) in [6, 6.07) is 12.4. The van der Waals surface area contributed by atoms with Gasteiger partial charge in [-0.2, -0.15) is 0 Å². The molecule has 2 N–H and O–H groups in total. The van der Waals surface area contributed by atoms with Crippen LogP contribution in [0.1, 0.15) is 12.0 Å². The molecule has 0 aromatic heterocycles. The topological polar surface area (TPSA) is 89.1 Å². The Morgan fingerprint density at radius 2 is 1.77 bits per heavy atom. The maximum atomic E-state index is 12.3. The third-order valence-electron chi connectivity index (χ3n) is 4.99. The number of methoxy groups -OCH3 is 3. The summed E-state index contributed by atoms with van der Waals surface area (Å²) in [5.41, 5.74) is 1.81. The molecule has 160 valence electrons. The molecule has 0 saturated carbocycles. The van der Waals surface area contributed by atoms with Crippen LogP contribution in [0.3, 0.4) is 0 Å². The molecule has 0 bridgehead atoms. The lowest BCUT2D eigenvalue weighted by molar-refractivity contribution is -0.117. The van der Waals surface area contributed by atoms with Crippen LogP contribution in [0.15, 0.2) is 42.5 Å². The van der Waals surface area contributed by atoms with Gasteiger partial charge in [0.1, 0.15) is 5.75 Å². The van der Waals surface area contributed by atoms with E-state index in [0.717, 1.165) is 17.0 Å². The number of ether oxygens (including phenoxy) is 3. The van der Waals surface area contributed by atoms with Crippen molar-refractivity contribution in [2.45, 2.75) is 18.9 Å². The van der Waals surface area contributed by atoms with Gasteiger partial charge in [-0.1, -0.05) is 6.07 Å². The second-order valence-corrected chi connectivity index (χ2v) is 6.94. The minimum absolute atomic E-state index is 0.0178. The molecule has 1 heterocycles. The molecule has 8 nitrogen and oxygen atoms in total. The van der Waals surface area contributed by atoms with Crippen molar-refractivity contribution in [3.8, 4) is 17.2 Å². The molecule has 0 aliphatic carbocycles. The number of carbonyl (C=O) groups excluding carboxylic acids is 2. The van der Waals surface area contributed by atoms with Gasteiger partial charge in [-0.05, 0) is 48.4 Å². The lowest BCUT2D eigenvalue weighted by Gasteiger charge is -2.18. The summed E-state index contributed by atoms with van der Waals surface area (Å²) >= 11 is 0. The summed E-state index contributed by atoms with van der Waals surface area (Å²) < 4.78 is 15.7. The van der Waals surface area contributed by atoms with Crippen molar-refractivity contribution in [1.29, 1.82) is 0 Å². The monoisotopic (exact) mass is 413 g/mol. The lowest BCUT2D eigenvalue weighted by atomic mass is 10.1. The van der Waals surface area contributed by atoms with Crippen molar-refractivity contribution in [2.75, 3.05) is 39.3 Å². The Balaban J connectivity index is 1.46. The van der Waals surface area contributed by atoms with Crippen LogP contribution in [0.25, 0.3) is 0 Å². The Labute approximate surface area is 176 Å². The summed E-state index contributed by atoms with van der Waals surface area (Å²) in [7, 11) is 4.78. The van der Waals surface area contributed by atoms with Crippen molar-refractivity contribution < 1.29 is 23.8 Å². The van der Waals surface area contributed by atoms with E-state index in [1.807, 2.05) is 42.5 Å². The van der Waals surface area contributed by atoms with Gasteiger partial charge in [-0.15, -0.1) is 0 Å². The minimum Gasteiger partial charge on any atom is -0.497 e. The molecule has 30 heavy (non-hydrogen) atoms.